The molecule has 9 heteroatoms. The second-order valence-corrected chi connectivity index (χ2v) is 9.82. The smallest absolute Gasteiger partial charge is 0.265 e. The lowest BCUT2D eigenvalue weighted by Gasteiger charge is -2.19. The summed E-state index contributed by atoms with van der Waals surface area (Å²) >= 11 is 0. The van der Waals surface area contributed by atoms with Crippen LogP contribution in [0.3, 0.4) is 0 Å². The highest BCUT2D eigenvalue weighted by molar-refractivity contribution is 7.92. The first-order valence-electron chi connectivity index (χ1n) is 11.1. The Morgan fingerprint density at radius 1 is 0.857 bits per heavy atom. The van der Waals surface area contributed by atoms with Gasteiger partial charge in [0.2, 0.25) is 0 Å². The van der Waals surface area contributed by atoms with Gasteiger partial charge >= 0.3 is 0 Å². The summed E-state index contributed by atoms with van der Waals surface area (Å²) in [7, 11) is -0.938. The third-order valence-electron chi connectivity index (χ3n) is 5.30. The van der Waals surface area contributed by atoms with E-state index in [-0.39, 0.29) is 22.4 Å². The van der Waals surface area contributed by atoms with Crippen LogP contribution in [0.5, 0.6) is 17.2 Å². The minimum atomic E-state index is -3.89. The molecule has 3 rings (SSSR count). The number of carbonyl (C=O) groups is 1. The molecule has 0 heterocycles. The fraction of sp³-hybridized carbons (Fsp3) is 0.269. The molecule has 0 aromatic heterocycles. The quantitative estimate of drug-likeness (QED) is 0.406. The van der Waals surface area contributed by atoms with E-state index in [2.05, 4.69) is 23.9 Å². The highest BCUT2D eigenvalue weighted by atomic mass is 32.2. The van der Waals surface area contributed by atoms with Crippen molar-refractivity contribution in [3.8, 4) is 17.2 Å². The zero-order valence-electron chi connectivity index (χ0n) is 20.4. The van der Waals surface area contributed by atoms with E-state index in [1.807, 2.05) is 24.3 Å². The van der Waals surface area contributed by atoms with Gasteiger partial charge in [-0.15, -0.1) is 0 Å². The number of ether oxygens (including phenoxy) is 3. The van der Waals surface area contributed by atoms with E-state index in [1.54, 1.807) is 25.1 Å². The van der Waals surface area contributed by atoms with E-state index < -0.39 is 16.1 Å². The second kappa shape index (κ2) is 11.1. The van der Waals surface area contributed by atoms with Crippen LogP contribution in [0.4, 0.5) is 11.4 Å². The molecule has 0 fully saturated rings. The Morgan fingerprint density at radius 2 is 1.54 bits per heavy atom. The van der Waals surface area contributed by atoms with Crippen LogP contribution in [-0.4, -0.2) is 34.6 Å². The van der Waals surface area contributed by atoms with Crippen LogP contribution in [0, 0.1) is 0 Å². The van der Waals surface area contributed by atoms with Gasteiger partial charge in [0.05, 0.1) is 24.8 Å². The molecule has 0 aliphatic rings. The van der Waals surface area contributed by atoms with Crippen LogP contribution in [0.2, 0.25) is 0 Å². The van der Waals surface area contributed by atoms with Crippen LogP contribution in [-0.2, 0) is 14.8 Å². The Labute approximate surface area is 206 Å². The lowest BCUT2D eigenvalue weighted by atomic mass is 10.0. The molecular formula is C26H30N2O6S. The first kappa shape index (κ1) is 25.9. The molecule has 0 aliphatic carbocycles. The molecule has 1 amide bonds. The number of methoxy groups -OCH3 is 2. The minimum Gasteiger partial charge on any atom is -0.497 e. The summed E-state index contributed by atoms with van der Waals surface area (Å²) in [6.45, 7) is 5.78. The number of nitrogens with one attached hydrogen (secondary N) is 2. The summed E-state index contributed by atoms with van der Waals surface area (Å²) in [5.74, 6) is 1.43. The molecule has 2 N–H and O–H groups in total. The summed E-state index contributed by atoms with van der Waals surface area (Å²) in [5.41, 5.74) is 1.74. The van der Waals surface area contributed by atoms with Crippen LogP contribution < -0.4 is 24.2 Å². The van der Waals surface area contributed by atoms with Crippen LogP contribution in [0.15, 0.2) is 71.6 Å². The number of hydrogen-bond acceptors (Lipinski definition) is 6. The number of rotatable bonds is 10. The van der Waals surface area contributed by atoms with Gasteiger partial charge in [-0.25, -0.2) is 8.42 Å². The zero-order chi connectivity index (χ0) is 25.6. The fourth-order valence-corrected chi connectivity index (χ4v) is 4.43. The summed E-state index contributed by atoms with van der Waals surface area (Å²) in [6, 6.07) is 18.2. The number of amides is 1. The van der Waals surface area contributed by atoms with Gasteiger partial charge in [-0.1, -0.05) is 32.0 Å². The van der Waals surface area contributed by atoms with Crippen LogP contribution in [0.25, 0.3) is 0 Å². The van der Waals surface area contributed by atoms with Crippen molar-refractivity contribution >= 4 is 27.3 Å². The highest BCUT2D eigenvalue weighted by Gasteiger charge is 2.20. The van der Waals surface area contributed by atoms with Crippen LogP contribution >= 0.6 is 0 Å². The number of benzene rings is 3. The lowest BCUT2D eigenvalue weighted by molar-refractivity contribution is -0.122. The molecule has 0 spiro atoms. The second-order valence-electron chi connectivity index (χ2n) is 8.14. The van der Waals surface area contributed by atoms with E-state index in [0.717, 1.165) is 5.56 Å². The normalized spacial score (nSPS) is 12.1. The molecule has 0 bridgehead atoms. The van der Waals surface area contributed by atoms with Gasteiger partial charge in [-0.3, -0.25) is 9.52 Å². The van der Waals surface area contributed by atoms with Crippen molar-refractivity contribution in [1.29, 1.82) is 0 Å². The van der Waals surface area contributed by atoms with Gasteiger partial charge in [0, 0.05) is 11.8 Å². The molecule has 3 aromatic carbocycles. The Kier molecular flexibility index (Phi) is 8.24. The number of sulfonamides is 1. The Bertz CT molecular complexity index is 1270. The van der Waals surface area contributed by atoms with Crippen molar-refractivity contribution in [1.82, 2.24) is 0 Å². The maximum atomic E-state index is 12.9. The number of carbonyl (C=O) groups excluding carboxylic acids is 1. The van der Waals surface area contributed by atoms with Gasteiger partial charge in [0.15, 0.2) is 6.10 Å². The van der Waals surface area contributed by atoms with Crippen molar-refractivity contribution in [2.45, 2.75) is 37.7 Å². The van der Waals surface area contributed by atoms with Gasteiger partial charge in [0.1, 0.15) is 17.2 Å². The van der Waals surface area contributed by atoms with E-state index in [9.17, 15) is 13.2 Å². The standard InChI is InChI=1S/C26H30N2O6S/c1-17(2)22-8-6-7-9-24(22)34-18(3)26(29)27-19-10-13-21(14-11-19)35(30,31)28-23-15-12-20(32-4)16-25(23)33-5/h6-18,28H,1-5H3,(H,27,29). The molecule has 1 unspecified atom stereocenters. The summed E-state index contributed by atoms with van der Waals surface area (Å²) in [6.07, 6.45) is -0.748. The summed E-state index contributed by atoms with van der Waals surface area (Å²) in [5, 5.41) is 2.76. The third-order valence-corrected chi connectivity index (χ3v) is 6.68. The van der Waals surface area contributed by atoms with Crippen molar-refractivity contribution in [3.05, 3.63) is 72.3 Å². The average Bonchev–Trinajstić information content (AvgIpc) is 2.84. The molecule has 3 aromatic rings. The third kappa shape index (κ3) is 6.45. The lowest BCUT2D eigenvalue weighted by Crippen LogP contribution is -2.30. The van der Waals surface area contributed by atoms with Gasteiger partial charge < -0.3 is 19.5 Å². The molecule has 8 nitrogen and oxygen atoms in total. The van der Waals surface area contributed by atoms with E-state index in [0.29, 0.717) is 22.9 Å². The van der Waals surface area contributed by atoms with E-state index in [4.69, 9.17) is 14.2 Å². The van der Waals surface area contributed by atoms with Crippen LogP contribution in [0.1, 0.15) is 32.3 Å². The minimum absolute atomic E-state index is 0.0310. The molecular weight excluding hydrogens is 468 g/mol. The molecule has 0 radical (unpaired) electrons. The Morgan fingerprint density at radius 3 is 2.17 bits per heavy atom. The maximum Gasteiger partial charge on any atom is 0.265 e. The van der Waals surface area contributed by atoms with E-state index in [1.165, 1.54) is 38.5 Å². The average molecular weight is 499 g/mol. The SMILES string of the molecule is COc1ccc(NS(=O)(=O)c2ccc(NC(=O)C(C)Oc3ccccc3C(C)C)cc2)c(OC)c1. The fourth-order valence-electron chi connectivity index (χ4n) is 3.36. The largest absolute Gasteiger partial charge is 0.497 e. The predicted molar refractivity (Wildman–Crippen MR) is 136 cm³/mol. The maximum absolute atomic E-state index is 12.9. The van der Waals surface area contributed by atoms with Crippen molar-refractivity contribution < 1.29 is 27.4 Å². The highest BCUT2D eigenvalue weighted by Crippen LogP contribution is 2.31. The van der Waals surface area contributed by atoms with Crippen molar-refractivity contribution in [2.24, 2.45) is 0 Å². The monoisotopic (exact) mass is 498 g/mol. The summed E-state index contributed by atoms with van der Waals surface area (Å²) in [4.78, 5) is 12.7. The molecule has 186 valence electrons. The number of hydrogen-bond donors (Lipinski definition) is 2. The summed E-state index contributed by atoms with van der Waals surface area (Å²) < 4.78 is 44.5. The molecule has 0 saturated carbocycles. The first-order valence-corrected chi connectivity index (χ1v) is 12.5. The van der Waals surface area contributed by atoms with Crippen molar-refractivity contribution in [2.75, 3.05) is 24.3 Å². The topological polar surface area (TPSA) is 103 Å². The molecule has 0 aliphatic heterocycles. The predicted octanol–water partition coefficient (Wildman–Crippen LogP) is 5.03. The first-order chi connectivity index (χ1) is 16.6. The van der Waals surface area contributed by atoms with Crippen molar-refractivity contribution in [3.63, 3.8) is 0 Å². The van der Waals surface area contributed by atoms with E-state index >= 15 is 0 Å². The Balaban J connectivity index is 1.68. The molecule has 35 heavy (non-hydrogen) atoms. The van der Waals surface area contributed by atoms with Gasteiger partial charge in [-0.2, -0.15) is 0 Å². The molecule has 0 saturated heterocycles. The molecule has 1 atom stereocenters. The number of anilines is 2. The number of para-hydroxylation sites is 1. The zero-order valence-corrected chi connectivity index (χ0v) is 21.2. The van der Waals surface area contributed by atoms with Gasteiger partial charge in [-0.05, 0) is 60.9 Å². The Hall–Kier alpha value is -3.72. The van der Waals surface area contributed by atoms with Gasteiger partial charge in [0.25, 0.3) is 15.9 Å².